The Labute approximate surface area is 103 Å². The van der Waals surface area contributed by atoms with Crippen LogP contribution in [0.15, 0.2) is 0 Å². The van der Waals surface area contributed by atoms with E-state index in [1.54, 1.807) is 6.92 Å². The van der Waals surface area contributed by atoms with Gasteiger partial charge in [-0.05, 0) is 12.8 Å². The second kappa shape index (κ2) is 5.99. The molecule has 0 radical (unpaired) electrons. The van der Waals surface area contributed by atoms with Crippen molar-refractivity contribution in [2.45, 2.75) is 38.3 Å². The lowest BCUT2D eigenvalue weighted by Gasteiger charge is -2.22. The van der Waals surface area contributed by atoms with E-state index in [9.17, 15) is 19.2 Å². The van der Waals surface area contributed by atoms with Crippen LogP contribution in [0.5, 0.6) is 0 Å². The molecule has 1 aliphatic heterocycles. The van der Waals surface area contributed by atoms with Crippen LogP contribution in [0.3, 0.4) is 0 Å². The van der Waals surface area contributed by atoms with Gasteiger partial charge in [-0.15, -0.1) is 0 Å². The number of imide groups is 1. The molecule has 1 aliphatic rings. The zero-order valence-corrected chi connectivity index (χ0v) is 9.86. The Bertz CT molecular complexity index is 382. The molecule has 4 amide bonds. The van der Waals surface area contributed by atoms with Gasteiger partial charge in [0.2, 0.25) is 11.8 Å². The summed E-state index contributed by atoms with van der Waals surface area (Å²) in [5.41, 5.74) is 0. The van der Waals surface area contributed by atoms with Gasteiger partial charge in [-0.1, -0.05) is 6.92 Å². The third-order valence-electron chi connectivity index (χ3n) is 2.56. The highest BCUT2D eigenvalue weighted by atomic mass is 16.4. The third-order valence-corrected chi connectivity index (χ3v) is 2.56. The average molecular weight is 257 g/mol. The number of carboxylic acid groups (broad SMARTS) is 1. The fourth-order valence-corrected chi connectivity index (χ4v) is 1.53. The molecule has 1 heterocycles. The van der Waals surface area contributed by atoms with Crippen LogP contribution in [0, 0.1) is 0 Å². The molecule has 1 saturated heterocycles. The van der Waals surface area contributed by atoms with Gasteiger partial charge in [0.25, 0.3) is 0 Å². The minimum Gasteiger partial charge on any atom is -0.480 e. The van der Waals surface area contributed by atoms with Gasteiger partial charge >= 0.3 is 12.0 Å². The number of nitrogens with one attached hydrogen (secondary N) is 3. The SMILES string of the molecule is CC[C@H](NC(=O)NC1CCC(=O)NC1=O)C(=O)O. The molecule has 1 unspecified atom stereocenters. The number of carboxylic acids is 1. The molecule has 1 fully saturated rings. The lowest BCUT2D eigenvalue weighted by molar-refractivity contribution is -0.139. The van der Waals surface area contributed by atoms with E-state index in [0.717, 1.165) is 0 Å². The lowest BCUT2D eigenvalue weighted by Crippen LogP contribution is -2.56. The smallest absolute Gasteiger partial charge is 0.326 e. The van der Waals surface area contributed by atoms with Crippen molar-refractivity contribution >= 4 is 23.8 Å². The minimum absolute atomic E-state index is 0.146. The summed E-state index contributed by atoms with van der Waals surface area (Å²) in [4.78, 5) is 44.4. The van der Waals surface area contributed by atoms with E-state index in [4.69, 9.17) is 5.11 Å². The highest BCUT2D eigenvalue weighted by Gasteiger charge is 2.28. The summed E-state index contributed by atoms with van der Waals surface area (Å²) in [5, 5.41) is 15.4. The summed E-state index contributed by atoms with van der Waals surface area (Å²) in [6, 6.07) is -2.55. The van der Waals surface area contributed by atoms with Crippen LogP contribution in [0.4, 0.5) is 4.79 Å². The molecule has 4 N–H and O–H groups in total. The molecular weight excluding hydrogens is 242 g/mol. The predicted molar refractivity (Wildman–Crippen MR) is 59.6 cm³/mol. The highest BCUT2D eigenvalue weighted by molar-refractivity contribution is 6.01. The van der Waals surface area contributed by atoms with Crippen LogP contribution in [0.1, 0.15) is 26.2 Å². The molecule has 1 rings (SSSR count). The first-order valence-corrected chi connectivity index (χ1v) is 5.57. The summed E-state index contributed by atoms with van der Waals surface area (Å²) in [6.07, 6.45) is 0.590. The fraction of sp³-hybridized carbons (Fsp3) is 0.600. The Morgan fingerprint density at radius 2 is 2.17 bits per heavy atom. The van der Waals surface area contributed by atoms with Gasteiger partial charge in [-0.3, -0.25) is 14.9 Å². The molecule has 100 valence electrons. The first kappa shape index (κ1) is 13.9. The Morgan fingerprint density at radius 1 is 1.50 bits per heavy atom. The van der Waals surface area contributed by atoms with Crippen molar-refractivity contribution in [3.63, 3.8) is 0 Å². The largest absolute Gasteiger partial charge is 0.480 e. The summed E-state index contributed by atoms with van der Waals surface area (Å²) in [6.45, 7) is 1.62. The number of hydrogen-bond donors (Lipinski definition) is 4. The predicted octanol–water partition coefficient (Wildman–Crippen LogP) is -1.05. The van der Waals surface area contributed by atoms with Gasteiger partial charge < -0.3 is 15.7 Å². The zero-order valence-electron chi connectivity index (χ0n) is 9.86. The van der Waals surface area contributed by atoms with Crippen molar-refractivity contribution in [1.29, 1.82) is 0 Å². The Morgan fingerprint density at radius 3 is 2.67 bits per heavy atom. The Balaban J connectivity index is 2.47. The zero-order chi connectivity index (χ0) is 13.7. The lowest BCUT2D eigenvalue weighted by atomic mass is 10.1. The van der Waals surface area contributed by atoms with E-state index in [0.29, 0.717) is 0 Å². The van der Waals surface area contributed by atoms with Crippen molar-refractivity contribution in [3.05, 3.63) is 0 Å². The molecule has 0 bridgehead atoms. The topological polar surface area (TPSA) is 125 Å². The second-order valence-electron chi connectivity index (χ2n) is 3.92. The summed E-state index contributed by atoms with van der Waals surface area (Å²) in [5.74, 6) is -2.10. The van der Waals surface area contributed by atoms with Crippen LogP contribution < -0.4 is 16.0 Å². The van der Waals surface area contributed by atoms with Crippen LogP contribution in [-0.4, -0.2) is 41.0 Å². The number of amides is 4. The van der Waals surface area contributed by atoms with Gasteiger partial charge in [-0.25, -0.2) is 9.59 Å². The monoisotopic (exact) mass is 257 g/mol. The van der Waals surface area contributed by atoms with Crippen molar-refractivity contribution in [1.82, 2.24) is 16.0 Å². The molecule has 8 nitrogen and oxygen atoms in total. The maximum atomic E-state index is 11.5. The van der Waals surface area contributed by atoms with E-state index < -0.39 is 30.0 Å². The molecule has 0 aromatic rings. The van der Waals surface area contributed by atoms with Gasteiger partial charge in [0, 0.05) is 6.42 Å². The van der Waals surface area contributed by atoms with Crippen LogP contribution in [0.25, 0.3) is 0 Å². The van der Waals surface area contributed by atoms with Gasteiger partial charge in [-0.2, -0.15) is 0 Å². The minimum atomic E-state index is -1.14. The number of aliphatic carboxylic acids is 1. The van der Waals surface area contributed by atoms with E-state index in [1.807, 2.05) is 0 Å². The van der Waals surface area contributed by atoms with Crippen molar-refractivity contribution < 1.29 is 24.3 Å². The van der Waals surface area contributed by atoms with Crippen LogP contribution in [-0.2, 0) is 14.4 Å². The Kier molecular flexibility index (Phi) is 4.64. The maximum absolute atomic E-state index is 11.5. The molecule has 0 aliphatic carbocycles. The molecule has 8 heteroatoms. The van der Waals surface area contributed by atoms with E-state index in [2.05, 4.69) is 16.0 Å². The second-order valence-corrected chi connectivity index (χ2v) is 3.92. The third kappa shape index (κ3) is 3.72. The summed E-state index contributed by atoms with van der Waals surface area (Å²) < 4.78 is 0. The fourth-order valence-electron chi connectivity index (χ4n) is 1.53. The normalized spacial score (nSPS) is 20.8. The van der Waals surface area contributed by atoms with Gasteiger partial charge in [0.1, 0.15) is 12.1 Å². The van der Waals surface area contributed by atoms with E-state index in [-0.39, 0.29) is 25.2 Å². The molecular formula is C10H15N3O5. The van der Waals surface area contributed by atoms with Gasteiger partial charge in [0.05, 0.1) is 0 Å². The van der Waals surface area contributed by atoms with Crippen molar-refractivity contribution in [3.8, 4) is 0 Å². The highest BCUT2D eigenvalue weighted by Crippen LogP contribution is 2.04. The first-order valence-electron chi connectivity index (χ1n) is 5.57. The first-order chi connectivity index (χ1) is 8.43. The quantitative estimate of drug-likeness (QED) is 0.478. The number of piperidine rings is 1. The molecule has 0 aromatic carbocycles. The average Bonchev–Trinajstić information content (AvgIpc) is 2.29. The van der Waals surface area contributed by atoms with Crippen molar-refractivity contribution in [2.24, 2.45) is 0 Å². The molecule has 18 heavy (non-hydrogen) atoms. The molecule has 2 atom stereocenters. The number of urea groups is 1. The van der Waals surface area contributed by atoms with Gasteiger partial charge in [0.15, 0.2) is 0 Å². The molecule has 0 saturated carbocycles. The number of rotatable bonds is 4. The number of hydrogen-bond acceptors (Lipinski definition) is 4. The Hall–Kier alpha value is -2.12. The van der Waals surface area contributed by atoms with E-state index in [1.165, 1.54) is 0 Å². The number of carbonyl (C=O) groups is 4. The summed E-state index contributed by atoms with van der Waals surface area (Å²) in [7, 11) is 0. The summed E-state index contributed by atoms with van der Waals surface area (Å²) >= 11 is 0. The van der Waals surface area contributed by atoms with Crippen LogP contribution in [0.2, 0.25) is 0 Å². The standard InChI is InChI=1S/C10H15N3O5/c1-2-5(9(16)17)11-10(18)12-6-3-4-7(14)13-8(6)15/h5-6H,2-4H2,1H3,(H,16,17)(H2,11,12,18)(H,13,14,15)/t5-,6?/m0/s1. The van der Waals surface area contributed by atoms with Crippen LogP contribution >= 0.6 is 0 Å². The molecule has 0 aromatic heterocycles. The van der Waals surface area contributed by atoms with E-state index >= 15 is 0 Å². The van der Waals surface area contributed by atoms with Crippen molar-refractivity contribution in [2.75, 3.05) is 0 Å². The maximum Gasteiger partial charge on any atom is 0.326 e. The molecule has 0 spiro atoms. The number of carbonyl (C=O) groups excluding carboxylic acids is 3.